The van der Waals surface area contributed by atoms with Crippen LogP contribution in [0.1, 0.15) is 77.0 Å². The molecular weight excluding hydrogens is 763 g/mol. The number of hydrogen-bond donors (Lipinski definition) is 2. The van der Waals surface area contributed by atoms with Gasteiger partial charge in [-0.15, -0.1) is 0 Å². The summed E-state index contributed by atoms with van der Waals surface area (Å²) >= 11 is 0. The molecular formula is C44H41N11O5. The largest absolute Gasteiger partial charge is 0.457 e. The highest BCUT2D eigenvalue weighted by Gasteiger charge is 2.45. The number of ether oxygens (including phenoxy) is 1. The van der Waals surface area contributed by atoms with Crippen LogP contribution in [-0.4, -0.2) is 90.5 Å². The van der Waals surface area contributed by atoms with E-state index in [-0.39, 0.29) is 35.9 Å². The third-order valence-corrected chi connectivity index (χ3v) is 12.1. The molecule has 60 heavy (non-hydrogen) atoms. The summed E-state index contributed by atoms with van der Waals surface area (Å²) in [5, 5.41) is 8.06. The number of anilines is 3. The molecule has 3 aromatic heterocycles. The van der Waals surface area contributed by atoms with Gasteiger partial charge in [0.2, 0.25) is 11.8 Å². The summed E-state index contributed by atoms with van der Waals surface area (Å²) in [7, 11) is 0. The third-order valence-electron chi connectivity index (χ3n) is 12.1. The Balaban J connectivity index is 0.763. The zero-order valence-corrected chi connectivity index (χ0v) is 32.6. The number of amides is 4. The fourth-order valence-electron chi connectivity index (χ4n) is 8.88. The maximum Gasteiger partial charge on any atom is 0.262 e. The summed E-state index contributed by atoms with van der Waals surface area (Å²) in [6.45, 7) is 3.06. The average molecular weight is 804 g/mol. The zero-order valence-electron chi connectivity index (χ0n) is 32.6. The average Bonchev–Trinajstić information content (AvgIpc) is 3.79. The van der Waals surface area contributed by atoms with Gasteiger partial charge in [-0.3, -0.25) is 29.4 Å². The summed E-state index contributed by atoms with van der Waals surface area (Å²) in [4.78, 5) is 74.7. The van der Waals surface area contributed by atoms with Gasteiger partial charge in [0.05, 0.1) is 40.6 Å². The Bertz CT molecular complexity index is 2640. The van der Waals surface area contributed by atoms with Crippen molar-refractivity contribution in [2.24, 2.45) is 0 Å². The van der Waals surface area contributed by atoms with Crippen LogP contribution in [0, 0.1) is 0 Å². The summed E-state index contributed by atoms with van der Waals surface area (Å²) in [5.74, 6) is 0.858. The standard InChI is InChI=1S/C44H41N11O5/c45-39-37-38(26-6-9-32(10-7-26)60-31-4-2-1-3-5-31)51-55(41(37)49-25-48-39)28-16-20-53(21-17-28)30-23-46-40(47-24-30)27-14-18-52(19-15-27)29-8-11-33-34(22-29)44(59)54(43(33)58)35-12-13-36(56)50-42(35)57/h1-11,22-25,27-28,35H,12-21H2,(H2,45,48,49)(H,50,56,57). The molecule has 1 atom stereocenters. The van der Waals surface area contributed by atoms with Gasteiger partial charge >= 0.3 is 0 Å². The number of aromatic nitrogens is 6. The third kappa shape index (κ3) is 6.72. The van der Waals surface area contributed by atoms with Gasteiger partial charge in [0.25, 0.3) is 11.8 Å². The molecule has 16 heteroatoms. The molecule has 0 spiro atoms. The number of carbonyl (C=O) groups excluding carboxylic acids is 4. The molecule has 4 amide bonds. The Hall–Kier alpha value is -7.23. The molecule has 0 radical (unpaired) electrons. The number of nitrogen functional groups attached to an aromatic ring is 1. The van der Waals surface area contributed by atoms with Gasteiger partial charge in [0.15, 0.2) is 5.65 Å². The minimum absolute atomic E-state index is 0.0817. The van der Waals surface area contributed by atoms with E-state index < -0.39 is 29.7 Å². The first-order chi connectivity index (χ1) is 29.3. The number of para-hydroxylation sites is 1. The highest BCUT2D eigenvalue weighted by Crippen LogP contribution is 2.37. The zero-order chi connectivity index (χ0) is 40.9. The monoisotopic (exact) mass is 803 g/mol. The number of nitrogens with zero attached hydrogens (tertiary/aromatic N) is 9. The lowest BCUT2D eigenvalue weighted by atomic mass is 9.95. The Morgan fingerprint density at radius 1 is 0.700 bits per heavy atom. The molecule has 4 aliphatic heterocycles. The van der Waals surface area contributed by atoms with Gasteiger partial charge in [-0.25, -0.2) is 24.6 Å². The molecule has 16 nitrogen and oxygen atoms in total. The number of fused-ring (bicyclic) bond motifs is 2. The highest BCUT2D eigenvalue weighted by atomic mass is 16.5. The van der Waals surface area contributed by atoms with E-state index in [0.29, 0.717) is 5.82 Å². The number of carbonyl (C=O) groups is 4. The Labute approximate surface area is 344 Å². The number of nitrogens with one attached hydrogen (secondary N) is 1. The van der Waals surface area contributed by atoms with E-state index in [1.807, 2.05) is 77.7 Å². The molecule has 3 fully saturated rings. The molecule has 3 saturated heterocycles. The van der Waals surface area contributed by atoms with Crippen LogP contribution >= 0.6 is 0 Å². The number of imide groups is 2. The molecule has 1 unspecified atom stereocenters. The maximum absolute atomic E-state index is 13.4. The molecule has 0 saturated carbocycles. The quantitative estimate of drug-likeness (QED) is 0.189. The van der Waals surface area contributed by atoms with Gasteiger partial charge in [0, 0.05) is 49.8 Å². The molecule has 0 aliphatic carbocycles. The number of nitrogens with two attached hydrogens (primary N) is 1. The number of hydrogen-bond acceptors (Lipinski definition) is 13. The Morgan fingerprint density at radius 2 is 1.38 bits per heavy atom. The van der Waals surface area contributed by atoms with Crippen molar-refractivity contribution in [3.05, 3.63) is 108 Å². The van der Waals surface area contributed by atoms with E-state index in [0.717, 1.165) is 108 Å². The minimum Gasteiger partial charge on any atom is -0.457 e. The number of piperidine rings is 3. The van der Waals surface area contributed by atoms with Crippen molar-refractivity contribution in [1.29, 1.82) is 0 Å². The summed E-state index contributed by atoms with van der Waals surface area (Å²) in [5.41, 5.74) is 11.2. The van der Waals surface area contributed by atoms with Crippen LogP contribution in [0.5, 0.6) is 11.5 Å². The molecule has 10 rings (SSSR count). The summed E-state index contributed by atoms with van der Waals surface area (Å²) in [6, 6.07) is 21.9. The van der Waals surface area contributed by atoms with Crippen molar-refractivity contribution in [3.8, 4) is 22.8 Å². The highest BCUT2D eigenvalue weighted by molar-refractivity contribution is 6.23. The lowest BCUT2D eigenvalue weighted by Gasteiger charge is -2.34. The fourth-order valence-corrected chi connectivity index (χ4v) is 8.88. The normalized spacial score (nSPS) is 18.9. The van der Waals surface area contributed by atoms with Crippen molar-refractivity contribution in [2.45, 2.75) is 56.5 Å². The molecule has 3 aromatic carbocycles. The van der Waals surface area contributed by atoms with E-state index >= 15 is 0 Å². The van der Waals surface area contributed by atoms with Gasteiger partial charge in [-0.2, -0.15) is 5.10 Å². The Morgan fingerprint density at radius 3 is 2.12 bits per heavy atom. The van der Waals surface area contributed by atoms with Crippen LogP contribution in [0.25, 0.3) is 22.3 Å². The lowest BCUT2D eigenvalue weighted by Crippen LogP contribution is -2.54. The minimum atomic E-state index is -0.989. The van der Waals surface area contributed by atoms with Gasteiger partial charge in [-0.1, -0.05) is 18.2 Å². The molecule has 4 aliphatic rings. The first-order valence-corrected chi connectivity index (χ1v) is 20.3. The molecule has 302 valence electrons. The van der Waals surface area contributed by atoms with Crippen LogP contribution in [0.2, 0.25) is 0 Å². The van der Waals surface area contributed by atoms with E-state index in [1.165, 1.54) is 6.33 Å². The number of rotatable bonds is 8. The second-order valence-corrected chi connectivity index (χ2v) is 15.6. The number of benzene rings is 3. The van der Waals surface area contributed by atoms with Crippen LogP contribution in [0.4, 0.5) is 17.2 Å². The first-order valence-electron chi connectivity index (χ1n) is 20.3. The van der Waals surface area contributed by atoms with Crippen molar-refractivity contribution in [2.75, 3.05) is 41.7 Å². The van der Waals surface area contributed by atoms with Crippen molar-refractivity contribution in [1.82, 2.24) is 39.9 Å². The predicted molar refractivity (Wildman–Crippen MR) is 222 cm³/mol. The van der Waals surface area contributed by atoms with E-state index in [1.54, 1.807) is 12.1 Å². The van der Waals surface area contributed by atoms with E-state index in [4.69, 9.17) is 25.5 Å². The second-order valence-electron chi connectivity index (χ2n) is 15.6. The van der Waals surface area contributed by atoms with Crippen LogP contribution < -0.4 is 25.6 Å². The molecule has 7 heterocycles. The van der Waals surface area contributed by atoms with Crippen molar-refractivity contribution < 1.29 is 23.9 Å². The summed E-state index contributed by atoms with van der Waals surface area (Å²) < 4.78 is 8.01. The van der Waals surface area contributed by atoms with Gasteiger partial charge in [0.1, 0.15) is 41.2 Å². The maximum atomic E-state index is 13.4. The predicted octanol–water partition coefficient (Wildman–Crippen LogP) is 5.28. The van der Waals surface area contributed by atoms with Crippen LogP contribution in [0.15, 0.2) is 91.5 Å². The Kier molecular flexibility index (Phi) is 9.38. The lowest BCUT2D eigenvalue weighted by molar-refractivity contribution is -0.136. The van der Waals surface area contributed by atoms with E-state index in [9.17, 15) is 19.2 Å². The second kappa shape index (κ2) is 15.2. The van der Waals surface area contributed by atoms with Gasteiger partial charge in [-0.05, 0) is 86.7 Å². The van der Waals surface area contributed by atoms with Crippen LogP contribution in [-0.2, 0) is 9.59 Å². The molecule has 3 N–H and O–H groups in total. The van der Waals surface area contributed by atoms with Crippen LogP contribution in [0.3, 0.4) is 0 Å². The SMILES string of the molecule is Nc1ncnc2c1c(-c1ccc(Oc3ccccc3)cc1)nn2C1CCN(c2cnc(C3CCN(c4ccc5c(c4)C(=O)N(C4CCC(=O)NC4=O)C5=O)CC3)nc2)CC1. The van der Waals surface area contributed by atoms with Crippen molar-refractivity contribution >= 4 is 51.9 Å². The smallest absolute Gasteiger partial charge is 0.262 e. The molecule has 0 bridgehead atoms. The molecule has 6 aromatic rings. The fraction of sp³-hybridized carbons (Fsp3) is 0.295. The first kappa shape index (κ1) is 37.1. The van der Waals surface area contributed by atoms with Crippen molar-refractivity contribution in [3.63, 3.8) is 0 Å². The topological polar surface area (TPSA) is 195 Å². The summed E-state index contributed by atoms with van der Waals surface area (Å²) in [6.07, 6.45) is 8.90. The van der Waals surface area contributed by atoms with Gasteiger partial charge < -0.3 is 20.3 Å². The van der Waals surface area contributed by atoms with E-state index in [2.05, 4.69) is 25.1 Å².